The minimum absolute atomic E-state index is 0.0654. The zero-order chi connectivity index (χ0) is 33.9. The lowest BCUT2D eigenvalue weighted by Crippen LogP contribution is -2.44. The van der Waals surface area contributed by atoms with Crippen molar-refractivity contribution in [3.05, 3.63) is 45.2 Å². The fourth-order valence-corrected chi connectivity index (χ4v) is 5.81. The van der Waals surface area contributed by atoms with Crippen molar-refractivity contribution < 1.29 is 49.0 Å². The Morgan fingerprint density at radius 2 is 1.43 bits per heavy atom. The van der Waals surface area contributed by atoms with Crippen LogP contribution in [0.1, 0.15) is 33.2 Å². The van der Waals surface area contributed by atoms with E-state index >= 15 is 0 Å². The molecule has 0 aliphatic carbocycles. The molecule has 0 radical (unpaired) electrons. The Balaban J connectivity index is 0.000000184. The first-order valence-corrected chi connectivity index (χ1v) is 15.6. The minimum atomic E-state index is -4.38. The summed E-state index contributed by atoms with van der Waals surface area (Å²) in [7, 11) is -4.38. The van der Waals surface area contributed by atoms with E-state index in [1.165, 1.54) is 47.5 Å². The van der Waals surface area contributed by atoms with Gasteiger partial charge in [-0.15, -0.1) is 0 Å². The summed E-state index contributed by atoms with van der Waals surface area (Å²) in [5, 5.41) is 41.0. The van der Waals surface area contributed by atoms with E-state index in [4.69, 9.17) is 35.5 Å². The normalized spacial score (nSPS) is 31.4. The number of aliphatic hydroxyl groups excluding tert-OH is 2. The van der Waals surface area contributed by atoms with E-state index in [9.17, 15) is 34.6 Å². The standard InChI is InChI=1S/C13H19N4O7P.C12H16N4O5/c1-6-10(23-5-25(20,21)22)24-11(13(6,2)19)17-4-3-7-8(17)15-12(14)16-9(7)18;1-12(20)7(18)6(4-17)21-10(12)16-3-2-5-8(16)14-11(13)15-9(5)19/h3-4,6,10-11,19H,5H2,1-2H3,(H2,20,21,22)(H3,14,15,16,18);2-3,6-7,10,17-18,20H,4H2,1H3,(H3,13,14,15,19)/t6?,10-,11+,13+;6-,7?,10-,12-/m01/s1. The van der Waals surface area contributed by atoms with Crippen molar-refractivity contribution in [2.75, 3.05) is 24.4 Å². The van der Waals surface area contributed by atoms with Crippen molar-refractivity contribution in [2.24, 2.45) is 5.92 Å². The van der Waals surface area contributed by atoms with Gasteiger partial charge in [-0.05, 0) is 26.0 Å². The van der Waals surface area contributed by atoms with Gasteiger partial charge in [0.2, 0.25) is 11.9 Å². The third kappa shape index (κ3) is 5.95. The van der Waals surface area contributed by atoms with Crippen LogP contribution in [0.3, 0.4) is 0 Å². The van der Waals surface area contributed by atoms with E-state index in [1.54, 1.807) is 6.92 Å². The highest BCUT2D eigenvalue weighted by Gasteiger charge is 2.54. The molecule has 2 saturated heterocycles. The van der Waals surface area contributed by atoms with Crippen LogP contribution in [0.2, 0.25) is 0 Å². The molecule has 12 N–H and O–H groups in total. The molecule has 2 fully saturated rings. The molecule has 0 bridgehead atoms. The highest BCUT2D eigenvalue weighted by atomic mass is 31.2. The van der Waals surface area contributed by atoms with Crippen LogP contribution in [-0.4, -0.2) is 102 Å². The number of aromatic amines is 2. The Labute approximate surface area is 258 Å². The number of nitrogen functional groups attached to an aromatic ring is 2. The van der Waals surface area contributed by atoms with Crippen LogP contribution in [0.15, 0.2) is 34.1 Å². The predicted molar refractivity (Wildman–Crippen MR) is 159 cm³/mol. The van der Waals surface area contributed by atoms with Gasteiger partial charge in [0.1, 0.15) is 23.4 Å². The molecule has 0 aromatic carbocycles. The molecule has 252 valence electrons. The average molecular weight is 671 g/mol. The lowest BCUT2D eigenvalue weighted by Gasteiger charge is -2.28. The molecule has 46 heavy (non-hydrogen) atoms. The molecular formula is C25H35N8O12P. The Morgan fingerprint density at radius 3 is 1.87 bits per heavy atom. The smallest absolute Gasteiger partial charge is 0.351 e. The molecule has 4 aromatic heterocycles. The summed E-state index contributed by atoms with van der Waals surface area (Å²) >= 11 is 0. The molecule has 6 heterocycles. The molecule has 4 aromatic rings. The van der Waals surface area contributed by atoms with Gasteiger partial charge in [0.25, 0.3) is 11.1 Å². The molecule has 2 unspecified atom stereocenters. The fraction of sp³-hybridized carbons (Fsp3) is 0.520. The Hall–Kier alpha value is -3.69. The van der Waals surface area contributed by atoms with Crippen LogP contribution < -0.4 is 22.6 Å². The van der Waals surface area contributed by atoms with Gasteiger partial charge in [0, 0.05) is 18.3 Å². The maximum atomic E-state index is 11.9. The summed E-state index contributed by atoms with van der Waals surface area (Å²) in [6.07, 6.45) is -3.05. The van der Waals surface area contributed by atoms with Crippen molar-refractivity contribution in [3.63, 3.8) is 0 Å². The molecule has 0 spiro atoms. The Kier molecular flexibility index (Phi) is 8.66. The zero-order valence-corrected chi connectivity index (χ0v) is 25.6. The van der Waals surface area contributed by atoms with E-state index in [1.807, 2.05) is 0 Å². The van der Waals surface area contributed by atoms with Gasteiger partial charge in [-0.1, -0.05) is 6.92 Å². The van der Waals surface area contributed by atoms with Gasteiger partial charge in [-0.25, -0.2) is 0 Å². The number of anilines is 2. The second-order valence-corrected chi connectivity index (χ2v) is 13.1. The first-order chi connectivity index (χ1) is 21.4. The van der Waals surface area contributed by atoms with E-state index in [2.05, 4.69) is 19.9 Å². The molecule has 0 saturated carbocycles. The number of hydrogen-bond donors (Lipinski definition) is 10. The van der Waals surface area contributed by atoms with Crippen molar-refractivity contribution >= 4 is 41.6 Å². The largest absolute Gasteiger partial charge is 0.394 e. The molecule has 20 nitrogen and oxygen atoms in total. The number of nitrogens with two attached hydrogens (primary N) is 2. The zero-order valence-electron chi connectivity index (χ0n) is 24.7. The maximum absolute atomic E-state index is 11.9. The molecular weight excluding hydrogens is 635 g/mol. The second-order valence-electron chi connectivity index (χ2n) is 11.5. The second kappa shape index (κ2) is 11.8. The number of H-pyrrole nitrogens is 2. The number of rotatable bonds is 6. The SMILES string of the molecule is CC1[C@@H](OCP(=O)(O)O)O[C@@H](n2ccc3c(=O)[nH]c(N)nc32)[C@]1(C)O.C[C@@]1(O)C(O)[C@@H](CO)O[C@H]1n1ccc2c(=O)[nH]c(N)nc21. The first kappa shape index (κ1) is 33.7. The third-order valence-corrected chi connectivity index (χ3v) is 8.63. The molecule has 0 amide bonds. The van der Waals surface area contributed by atoms with Gasteiger partial charge >= 0.3 is 7.60 Å². The first-order valence-electron chi connectivity index (χ1n) is 13.8. The summed E-state index contributed by atoms with van der Waals surface area (Å²) < 4.78 is 30.2. The third-order valence-electron chi connectivity index (χ3n) is 8.14. The quantitative estimate of drug-likeness (QED) is 0.0992. The van der Waals surface area contributed by atoms with Crippen LogP contribution >= 0.6 is 7.60 Å². The van der Waals surface area contributed by atoms with Crippen LogP contribution in [0, 0.1) is 5.92 Å². The van der Waals surface area contributed by atoms with E-state index < -0.39 is 79.7 Å². The van der Waals surface area contributed by atoms with E-state index in [-0.39, 0.29) is 34.0 Å². The molecule has 21 heteroatoms. The summed E-state index contributed by atoms with van der Waals surface area (Å²) in [5.74, 6) is -0.761. The van der Waals surface area contributed by atoms with Gasteiger partial charge in [-0.3, -0.25) is 24.1 Å². The van der Waals surface area contributed by atoms with Gasteiger partial charge < -0.3 is 65.0 Å². The van der Waals surface area contributed by atoms with Crippen LogP contribution in [-0.2, 0) is 18.8 Å². The summed E-state index contributed by atoms with van der Waals surface area (Å²) in [4.78, 5) is 54.5. The van der Waals surface area contributed by atoms with Crippen molar-refractivity contribution in [1.82, 2.24) is 29.1 Å². The maximum Gasteiger partial charge on any atom is 0.351 e. The number of nitrogens with one attached hydrogen (secondary N) is 2. The van der Waals surface area contributed by atoms with E-state index in [0.717, 1.165) is 0 Å². The predicted octanol–water partition coefficient (Wildman–Crippen LogP) is -1.99. The number of nitrogens with zero attached hydrogens (tertiary/aromatic N) is 4. The molecule has 6 rings (SSSR count). The van der Waals surface area contributed by atoms with Crippen molar-refractivity contribution in [3.8, 4) is 0 Å². The van der Waals surface area contributed by atoms with Crippen molar-refractivity contribution in [2.45, 2.75) is 62.9 Å². The number of hydrogen-bond acceptors (Lipinski definition) is 14. The van der Waals surface area contributed by atoms with Crippen LogP contribution in [0.4, 0.5) is 11.9 Å². The number of fused-ring (bicyclic) bond motifs is 2. The summed E-state index contributed by atoms with van der Waals surface area (Å²) in [5.41, 5.74) is 7.60. The van der Waals surface area contributed by atoms with Gasteiger partial charge in [-0.2, -0.15) is 9.97 Å². The molecule has 2 aliphatic rings. The van der Waals surface area contributed by atoms with E-state index in [0.29, 0.717) is 0 Å². The molecule has 8 atom stereocenters. The van der Waals surface area contributed by atoms with Crippen molar-refractivity contribution in [1.29, 1.82) is 0 Å². The summed E-state index contributed by atoms with van der Waals surface area (Å²) in [6.45, 7) is 4.08. The highest BCUT2D eigenvalue weighted by Crippen LogP contribution is 2.45. The fourth-order valence-electron chi connectivity index (χ4n) is 5.47. The average Bonchev–Trinajstić information content (AvgIpc) is 3.67. The summed E-state index contributed by atoms with van der Waals surface area (Å²) in [6, 6.07) is 3.02. The minimum Gasteiger partial charge on any atom is -0.394 e. The number of aliphatic hydroxyl groups is 4. The number of ether oxygens (including phenoxy) is 3. The molecule has 2 aliphatic heterocycles. The van der Waals surface area contributed by atoms with Gasteiger partial charge in [0.05, 0.1) is 17.4 Å². The van der Waals surface area contributed by atoms with Crippen LogP contribution in [0.5, 0.6) is 0 Å². The Bertz CT molecular complexity index is 1910. The lowest BCUT2D eigenvalue weighted by atomic mass is 9.91. The topological polar surface area (TPSA) is 320 Å². The Morgan fingerprint density at radius 1 is 0.957 bits per heavy atom. The van der Waals surface area contributed by atoms with Gasteiger partial charge in [0.15, 0.2) is 36.4 Å². The van der Waals surface area contributed by atoms with Crippen LogP contribution in [0.25, 0.3) is 22.1 Å². The highest BCUT2D eigenvalue weighted by molar-refractivity contribution is 7.51. The lowest BCUT2D eigenvalue weighted by molar-refractivity contribution is -0.157. The number of aromatic nitrogens is 6. The monoisotopic (exact) mass is 670 g/mol.